The molecular weight excluding hydrogens is 152 g/mol. The molecule has 2 rings (SSSR count). The van der Waals surface area contributed by atoms with E-state index in [0.29, 0.717) is 0 Å². The second-order valence-electron chi connectivity index (χ2n) is 2.75. The number of nitrogens with one attached hydrogen (secondary N) is 1. The van der Waals surface area contributed by atoms with Crippen LogP contribution in [0.1, 0.15) is 1.37 Å². The highest BCUT2D eigenvalue weighted by Gasteiger charge is 2.09. The van der Waals surface area contributed by atoms with Gasteiger partial charge in [0.2, 0.25) is 0 Å². The van der Waals surface area contributed by atoms with Gasteiger partial charge in [-0.3, -0.25) is 0 Å². The third kappa shape index (κ3) is 1.53. The fourth-order valence-corrected chi connectivity index (χ4v) is 1.32. The highest BCUT2D eigenvalue weighted by molar-refractivity contribution is 5.36. The first kappa shape index (κ1) is 6.37. The molecule has 0 radical (unpaired) electrons. The first-order valence-electron chi connectivity index (χ1n) is 4.61. The second kappa shape index (κ2) is 3.49. The van der Waals surface area contributed by atoms with E-state index < -0.39 is 0 Å². The molecule has 1 saturated heterocycles. The van der Waals surface area contributed by atoms with Gasteiger partial charge in [-0.25, -0.2) is 9.97 Å². The Morgan fingerprint density at radius 2 is 2.33 bits per heavy atom. The lowest BCUT2D eigenvalue weighted by Crippen LogP contribution is -2.43. The molecule has 1 aliphatic rings. The largest absolute Gasteiger partial charge is 0.354 e. The number of hydrogen-bond donors (Lipinski definition) is 1. The third-order valence-corrected chi connectivity index (χ3v) is 1.96. The van der Waals surface area contributed by atoms with Crippen molar-refractivity contribution in [2.75, 3.05) is 31.1 Å². The van der Waals surface area contributed by atoms with E-state index in [1.54, 1.807) is 6.20 Å². The zero-order chi connectivity index (χ0) is 9.10. The Labute approximate surface area is 73.0 Å². The minimum atomic E-state index is 0.0935. The quantitative estimate of drug-likeness (QED) is 0.630. The molecule has 4 nitrogen and oxygen atoms in total. The number of anilines is 1. The van der Waals surface area contributed by atoms with Gasteiger partial charge >= 0.3 is 0 Å². The summed E-state index contributed by atoms with van der Waals surface area (Å²) < 4.78 is 7.29. The van der Waals surface area contributed by atoms with E-state index in [1.807, 2.05) is 6.07 Å². The molecule has 0 aliphatic carbocycles. The summed E-state index contributed by atoms with van der Waals surface area (Å²) in [6.45, 7) is 3.88. The highest BCUT2D eigenvalue weighted by atomic mass is 15.2. The van der Waals surface area contributed by atoms with E-state index in [0.717, 1.165) is 32.0 Å². The summed E-state index contributed by atoms with van der Waals surface area (Å²) >= 11 is 0. The van der Waals surface area contributed by atoms with Crippen molar-refractivity contribution >= 4 is 5.82 Å². The van der Waals surface area contributed by atoms with Gasteiger partial charge in [-0.1, -0.05) is 0 Å². The highest BCUT2D eigenvalue weighted by Crippen LogP contribution is 2.07. The Bertz CT molecular complexity index is 285. The molecule has 2 heterocycles. The first-order chi connectivity index (χ1) is 6.36. The molecule has 0 spiro atoms. The van der Waals surface area contributed by atoms with Gasteiger partial charge in [0, 0.05) is 32.4 Å². The topological polar surface area (TPSA) is 41.1 Å². The van der Waals surface area contributed by atoms with Gasteiger partial charge in [-0.2, -0.15) is 0 Å². The molecule has 1 N–H and O–H groups in total. The Hall–Kier alpha value is -1.16. The van der Waals surface area contributed by atoms with Crippen LogP contribution in [0.15, 0.2) is 18.6 Å². The van der Waals surface area contributed by atoms with Crippen LogP contribution in [-0.4, -0.2) is 36.1 Å². The maximum absolute atomic E-state index is 7.29. The van der Waals surface area contributed by atoms with Gasteiger partial charge in [-0.15, -0.1) is 0 Å². The van der Waals surface area contributed by atoms with Crippen LogP contribution >= 0.6 is 0 Å². The maximum atomic E-state index is 7.29. The van der Waals surface area contributed by atoms with Crippen molar-refractivity contribution in [3.05, 3.63) is 18.6 Å². The average molecular weight is 165 g/mol. The lowest BCUT2D eigenvalue weighted by atomic mass is 10.3. The number of rotatable bonds is 1. The normalized spacial score (nSPS) is 19.0. The molecular formula is C8H12N4. The van der Waals surface area contributed by atoms with Crippen LogP contribution in [0.2, 0.25) is 0 Å². The monoisotopic (exact) mass is 165 g/mol. The maximum Gasteiger partial charge on any atom is 0.131 e. The lowest BCUT2D eigenvalue weighted by molar-refractivity contribution is 0.584. The van der Waals surface area contributed by atoms with E-state index >= 15 is 0 Å². The summed E-state index contributed by atoms with van der Waals surface area (Å²) in [5.74, 6) is 0.863. The van der Waals surface area contributed by atoms with E-state index in [2.05, 4.69) is 20.2 Å². The van der Waals surface area contributed by atoms with Crippen molar-refractivity contribution in [3.8, 4) is 0 Å². The minimum Gasteiger partial charge on any atom is -0.354 e. The van der Waals surface area contributed by atoms with Crippen LogP contribution in [-0.2, 0) is 0 Å². The van der Waals surface area contributed by atoms with Gasteiger partial charge in [0.1, 0.15) is 13.5 Å². The van der Waals surface area contributed by atoms with Crippen LogP contribution in [0.5, 0.6) is 0 Å². The Kier molecular flexibility index (Phi) is 1.85. The molecule has 64 valence electrons. The summed E-state index contributed by atoms with van der Waals surface area (Å²) in [5.41, 5.74) is 0. The summed E-state index contributed by atoms with van der Waals surface area (Å²) in [7, 11) is 0. The van der Waals surface area contributed by atoms with Gasteiger partial charge in [0.05, 0.1) is 0 Å². The zero-order valence-corrected chi connectivity index (χ0v) is 6.82. The van der Waals surface area contributed by atoms with E-state index in [9.17, 15) is 0 Å². The van der Waals surface area contributed by atoms with Crippen LogP contribution < -0.4 is 10.2 Å². The predicted molar refractivity (Wildman–Crippen MR) is 47.1 cm³/mol. The summed E-state index contributed by atoms with van der Waals surface area (Å²) in [4.78, 5) is 9.96. The van der Waals surface area contributed by atoms with Crippen molar-refractivity contribution in [2.24, 2.45) is 0 Å². The molecule has 1 fully saturated rings. The fraction of sp³-hybridized carbons (Fsp3) is 0.500. The third-order valence-electron chi connectivity index (χ3n) is 1.96. The van der Waals surface area contributed by atoms with Gasteiger partial charge in [0.15, 0.2) is 0 Å². The van der Waals surface area contributed by atoms with Crippen LogP contribution in [0.25, 0.3) is 0 Å². The molecule has 0 amide bonds. The SMILES string of the molecule is [2H]c1nccc(N2CCNCC2)n1. The van der Waals surface area contributed by atoms with E-state index in [-0.39, 0.29) is 6.30 Å². The standard InChI is InChI=1S/C8H12N4/c1-2-10-7-11-8(1)12-5-3-9-4-6-12/h1-2,7,9H,3-6H2/i7D. The number of hydrogen-bond acceptors (Lipinski definition) is 4. The summed E-state index contributed by atoms with van der Waals surface area (Å²) in [6, 6.07) is 1.85. The van der Waals surface area contributed by atoms with Crippen LogP contribution in [0.4, 0.5) is 5.82 Å². The molecule has 1 aromatic heterocycles. The number of piperazine rings is 1. The molecule has 0 aromatic carbocycles. The molecule has 1 aromatic rings. The second-order valence-corrected chi connectivity index (χ2v) is 2.75. The van der Waals surface area contributed by atoms with Crippen molar-refractivity contribution in [1.29, 1.82) is 0 Å². The Morgan fingerprint density at radius 3 is 3.08 bits per heavy atom. The molecule has 12 heavy (non-hydrogen) atoms. The molecule has 4 heteroatoms. The molecule has 0 atom stereocenters. The molecule has 0 saturated carbocycles. The van der Waals surface area contributed by atoms with Crippen molar-refractivity contribution in [2.45, 2.75) is 0 Å². The number of nitrogens with zero attached hydrogens (tertiary/aromatic N) is 3. The van der Waals surface area contributed by atoms with E-state index in [4.69, 9.17) is 1.37 Å². The average Bonchev–Trinajstić information content (AvgIpc) is 2.19. The van der Waals surface area contributed by atoms with Crippen LogP contribution in [0.3, 0.4) is 0 Å². The van der Waals surface area contributed by atoms with E-state index in [1.165, 1.54) is 0 Å². The Balaban J connectivity index is 2.14. The molecule has 0 unspecified atom stereocenters. The smallest absolute Gasteiger partial charge is 0.131 e. The fourth-order valence-electron chi connectivity index (χ4n) is 1.32. The lowest BCUT2D eigenvalue weighted by Gasteiger charge is -2.27. The van der Waals surface area contributed by atoms with Gasteiger partial charge < -0.3 is 10.2 Å². The summed E-state index contributed by atoms with van der Waals surface area (Å²) in [6.07, 6.45) is 1.73. The molecule has 1 aliphatic heterocycles. The van der Waals surface area contributed by atoms with Crippen LogP contribution in [0, 0.1) is 0 Å². The van der Waals surface area contributed by atoms with Crippen molar-refractivity contribution in [3.63, 3.8) is 0 Å². The van der Waals surface area contributed by atoms with Crippen molar-refractivity contribution in [1.82, 2.24) is 15.3 Å². The number of aromatic nitrogens is 2. The first-order valence-corrected chi connectivity index (χ1v) is 4.11. The Morgan fingerprint density at radius 1 is 1.50 bits per heavy atom. The minimum absolute atomic E-state index is 0.0935. The molecule has 0 bridgehead atoms. The zero-order valence-electron chi connectivity index (χ0n) is 7.82. The van der Waals surface area contributed by atoms with Gasteiger partial charge in [-0.05, 0) is 6.07 Å². The predicted octanol–water partition coefficient (Wildman–Crippen LogP) is -0.114. The summed E-state index contributed by atoms with van der Waals surface area (Å²) in [5, 5.41) is 3.27. The van der Waals surface area contributed by atoms with Crippen molar-refractivity contribution < 1.29 is 1.37 Å². The van der Waals surface area contributed by atoms with Gasteiger partial charge in [0.25, 0.3) is 0 Å².